The van der Waals surface area contributed by atoms with Gasteiger partial charge < -0.3 is 14.4 Å². The average Bonchev–Trinajstić information content (AvgIpc) is 2.77. The second kappa shape index (κ2) is 5.42. The largest absolute Gasteiger partial charge is 0.471 e. The summed E-state index contributed by atoms with van der Waals surface area (Å²) in [5.41, 5.74) is -0.471. The molecule has 0 bridgehead atoms. The highest BCUT2D eigenvalue weighted by Gasteiger charge is 2.30. The molecule has 104 valence electrons. The number of ether oxygens (including phenoxy) is 2. The number of likely N-dealkylation sites (tertiary alicyclic amines) is 1. The molecule has 6 heteroatoms. The number of amides is 1. The maximum atomic E-state index is 11.9. The maximum absolute atomic E-state index is 11.9. The third-order valence-corrected chi connectivity index (χ3v) is 2.62. The summed E-state index contributed by atoms with van der Waals surface area (Å²) in [6.45, 7) is 6.73. The van der Waals surface area contributed by atoms with Crippen molar-refractivity contribution in [1.29, 1.82) is 0 Å². The second-order valence-corrected chi connectivity index (χ2v) is 5.50. The Labute approximate surface area is 112 Å². The van der Waals surface area contributed by atoms with Gasteiger partial charge in [0, 0.05) is 25.4 Å². The third-order valence-electron chi connectivity index (χ3n) is 2.62. The molecule has 1 aromatic rings. The van der Waals surface area contributed by atoms with E-state index in [1.807, 2.05) is 20.8 Å². The van der Waals surface area contributed by atoms with Crippen molar-refractivity contribution in [2.75, 3.05) is 13.1 Å². The monoisotopic (exact) mass is 265 g/mol. The van der Waals surface area contributed by atoms with Crippen molar-refractivity contribution >= 4 is 6.09 Å². The van der Waals surface area contributed by atoms with Gasteiger partial charge in [-0.15, -0.1) is 0 Å². The van der Waals surface area contributed by atoms with Gasteiger partial charge in [0.1, 0.15) is 11.7 Å². The van der Waals surface area contributed by atoms with Gasteiger partial charge >= 0.3 is 6.09 Å². The van der Waals surface area contributed by atoms with Crippen LogP contribution in [-0.4, -0.2) is 45.8 Å². The molecule has 1 fully saturated rings. The van der Waals surface area contributed by atoms with E-state index in [4.69, 9.17) is 9.47 Å². The highest BCUT2D eigenvalue weighted by Crippen LogP contribution is 2.18. The molecule has 1 aromatic heterocycles. The van der Waals surface area contributed by atoms with E-state index >= 15 is 0 Å². The van der Waals surface area contributed by atoms with Crippen LogP contribution in [0.3, 0.4) is 0 Å². The Hall–Kier alpha value is -1.85. The minimum atomic E-state index is -0.471. The van der Waals surface area contributed by atoms with Crippen molar-refractivity contribution in [2.24, 2.45) is 0 Å². The van der Waals surface area contributed by atoms with Crippen LogP contribution in [0.4, 0.5) is 4.79 Å². The van der Waals surface area contributed by atoms with Gasteiger partial charge in [-0.25, -0.2) is 9.78 Å². The van der Waals surface area contributed by atoms with Crippen LogP contribution in [0.25, 0.3) is 0 Å². The number of nitrogens with zero attached hydrogens (tertiary/aromatic N) is 3. The van der Waals surface area contributed by atoms with Crippen LogP contribution in [0.2, 0.25) is 0 Å². The number of aromatic nitrogens is 2. The number of hydrogen-bond acceptors (Lipinski definition) is 5. The minimum Gasteiger partial charge on any atom is -0.471 e. The lowest BCUT2D eigenvalue weighted by Crippen LogP contribution is -2.36. The first-order valence-corrected chi connectivity index (χ1v) is 6.34. The molecular weight excluding hydrogens is 246 g/mol. The molecule has 1 aliphatic heterocycles. The zero-order valence-electron chi connectivity index (χ0n) is 11.5. The summed E-state index contributed by atoms with van der Waals surface area (Å²) in [6.07, 6.45) is 5.16. The molecule has 1 atom stereocenters. The Bertz CT molecular complexity index is 431. The first-order chi connectivity index (χ1) is 8.94. The molecule has 19 heavy (non-hydrogen) atoms. The normalized spacial score (nSPS) is 19.3. The molecule has 1 saturated heterocycles. The van der Waals surface area contributed by atoms with E-state index in [1.165, 1.54) is 0 Å². The van der Waals surface area contributed by atoms with Gasteiger partial charge in [-0.05, 0) is 20.8 Å². The minimum absolute atomic E-state index is 0.0516. The van der Waals surface area contributed by atoms with Crippen molar-refractivity contribution in [3.8, 4) is 5.88 Å². The lowest BCUT2D eigenvalue weighted by atomic mass is 10.2. The summed E-state index contributed by atoms with van der Waals surface area (Å²) in [7, 11) is 0. The Morgan fingerprint density at radius 3 is 2.84 bits per heavy atom. The van der Waals surface area contributed by atoms with Gasteiger partial charge in [0.05, 0.1) is 12.7 Å². The van der Waals surface area contributed by atoms with E-state index in [2.05, 4.69) is 9.97 Å². The van der Waals surface area contributed by atoms with Crippen LogP contribution in [0.5, 0.6) is 5.88 Å². The van der Waals surface area contributed by atoms with Crippen molar-refractivity contribution in [3.63, 3.8) is 0 Å². The van der Waals surface area contributed by atoms with Crippen LogP contribution in [0, 0.1) is 0 Å². The Morgan fingerprint density at radius 1 is 1.42 bits per heavy atom. The van der Waals surface area contributed by atoms with E-state index in [-0.39, 0.29) is 12.2 Å². The second-order valence-electron chi connectivity index (χ2n) is 5.50. The quantitative estimate of drug-likeness (QED) is 0.816. The first kappa shape index (κ1) is 13.6. The molecule has 0 unspecified atom stereocenters. The van der Waals surface area contributed by atoms with Crippen molar-refractivity contribution in [3.05, 3.63) is 18.6 Å². The molecule has 1 amide bonds. The van der Waals surface area contributed by atoms with Crippen molar-refractivity contribution < 1.29 is 14.3 Å². The lowest BCUT2D eigenvalue weighted by molar-refractivity contribution is 0.0275. The van der Waals surface area contributed by atoms with E-state index in [0.29, 0.717) is 19.0 Å². The number of hydrogen-bond donors (Lipinski definition) is 0. The lowest BCUT2D eigenvalue weighted by Gasteiger charge is -2.24. The molecule has 6 nitrogen and oxygen atoms in total. The summed E-state index contributed by atoms with van der Waals surface area (Å²) in [5, 5.41) is 0. The summed E-state index contributed by atoms with van der Waals surface area (Å²) in [5.74, 6) is 0.485. The maximum Gasteiger partial charge on any atom is 0.410 e. The van der Waals surface area contributed by atoms with Crippen molar-refractivity contribution in [2.45, 2.75) is 38.9 Å². The van der Waals surface area contributed by atoms with Gasteiger partial charge in [-0.1, -0.05) is 0 Å². The molecule has 1 aliphatic rings. The topological polar surface area (TPSA) is 64.5 Å². The molecule has 0 saturated carbocycles. The fourth-order valence-electron chi connectivity index (χ4n) is 1.83. The van der Waals surface area contributed by atoms with E-state index in [1.54, 1.807) is 23.5 Å². The Kier molecular flexibility index (Phi) is 3.87. The van der Waals surface area contributed by atoms with E-state index in [0.717, 1.165) is 6.42 Å². The molecular formula is C13H19N3O3. The summed E-state index contributed by atoms with van der Waals surface area (Å²) in [6, 6.07) is 0. The number of rotatable bonds is 2. The van der Waals surface area contributed by atoms with E-state index < -0.39 is 5.60 Å². The van der Waals surface area contributed by atoms with Crippen LogP contribution >= 0.6 is 0 Å². The third kappa shape index (κ3) is 4.08. The SMILES string of the molecule is CC(C)(C)OC(=O)N1CC[C@H](Oc2cnccn2)C1. The predicted octanol–water partition coefficient (Wildman–Crippen LogP) is 1.86. The molecule has 0 radical (unpaired) electrons. The molecule has 0 N–H and O–H groups in total. The van der Waals surface area contributed by atoms with Crippen LogP contribution in [-0.2, 0) is 4.74 Å². The van der Waals surface area contributed by atoms with Gasteiger partial charge in [0.15, 0.2) is 0 Å². The molecule has 2 heterocycles. The van der Waals surface area contributed by atoms with Gasteiger partial charge in [-0.3, -0.25) is 4.98 Å². The molecule has 0 aliphatic carbocycles. The van der Waals surface area contributed by atoms with Gasteiger partial charge in [0.2, 0.25) is 5.88 Å². The summed E-state index contributed by atoms with van der Waals surface area (Å²) in [4.78, 5) is 21.5. The Balaban J connectivity index is 1.85. The van der Waals surface area contributed by atoms with Crippen LogP contribution < -0.4 is 4.74 Å². The summed E-state index contributed by atoms with van der Waals surface area (Å²) >= 11 is 0. The fraction of sp³-hybridized carbons (Fsp3) is 0.615. The van der Waals surface area contributed by atoms with Crippen LogP contribution in [0.15, 0.2) is 18.6 Å². The van der Waals surface area contributed by atoms with Gasteiger partial charge in [-0.2, -0.15) is 0 Å². The standard InChI is InChI=1S/C13H19N3O3/c1-13(2,3)19-12(17)16-7-4-10(9-16)18-11-8-14-5-6-15-11/h5-6,8,10H,4,7,9H2,1-3H3/t10-/m0/s1. The van der Waals surface area contributed by atoms with Crippen molar-refractivity contribution in [1.82, 2.24) is 14.9 Å². The van der Waals surface area contributed by atoms with Gasteiger partial charge in [0.25, 0.3) is 0 Å². The average molecular weight is 265 g/mol. The Morgan fingerprint density at radius 2 is 2.21 bits per heavy atom. The highest BCUT2D eigenvalue weighted by molar-refractivity contribution is 5.68. The summed E-state index contributed by atoms with van der Waals surface area (Å²) < 4.78 is 11.0. The molecule has 2 rings (SSSR count). The molecule has 0 spiro atoms. The number of carbonyl (C=O) groups is 1. The van der Waals surface area contributed by atoms with E-state index in [9.17, 15) is 4.79 Å². The highest BCUT2D eigenvalue weighted by atomic mass is 16.6. The smallest absolute Gasteiger partial charge is 0.410 e. The zero-order chi connectivity index (χ0) is 13.9. The van der Waals surface area contributed by atoms with Crippen LogP contribution in [0.1, 0.15) is 27.2 Å². The predicted molar refractivity (Wildman–Crippen MR) is 68.9 cm³/mol. The first-order valence-electron chi connectivity index (χ1n) is 6.34. The fourth-order valence-corrected chi connectivity index (χ4v) is 1.83. The molecule has 0 aromatic carbocycles. The number of carbonyl (C=O) groups excluding carboxylic acids is 1. The zero-order valence-corrected chi connectivity index (χ0v) is 11.5.